The molecule has 88 valence electrons. The molecule has 0 spiro atoms. The van der Waals surface area contributed by atoms with Gasteiger partial charge in [-0.25, -0.2) is 5.06 Å². The van der Waals surface area contributed by atoms with Crippen molar-refractivity contribution in [3.05, 3.63) is 48.0 Å². The van der Waals surface area contributed by atoms with Gasteiger partial charge in [0.2, 0.25) is 0 Å². The second-order valence-corrected chi connectivity index (χ2v) is 4.56. The summed E-state index contributed by atoms with van der Waals surface area (Å²) in [6, 6.07) is 9.93. The van der Waals surface area contributed by atoms with Crippen molar-refractivity contribution in [2.45, 2.75) is 31.4 Å². The first-order valence-electron chi connectivity index (χ1n) is 6.04. The van der Waals surface area contributed by atoms with E-state index in [9.17, 15) is 4.79 Å². The molecular formula is C14H15NO2. The van der Waals surface area contributed by atoms with Gasteiger partial charge >= 0.3 is 0 Å². The van der Waals surface area contributed by atoms with E-state index in [1.807, 2.05) is 30.3 Å². The highest BCUT2D eigenvalue weighted by Gasteiger charge is 2.33. The smallest absolute Gasteiger partial charge is 0.251 e. The summed E-state index contributed by atoms with van der Waals surface area (Å²) < 4.78 is 0. The van der Waals surface area contributed by atoms with Crippen LogP contribution in [0.4, 0.5) is 0 Å². The Balaban J connectivity index is 1.70. The van der Waals surface area contributed by atoms with E-state index in [0.29, 0.717) is 6.42 Å². The zero-order valence-electron chi connectivity index (χ0n) is 9.58. The van der Waals surface area contributed by atoms with Gasteiger partial charge in [-0.15, -0.1) is 0 Å². The van der Waals surface area contributed by atoms with Gasteiger partial charge in [-0.3, -0.25) is 9.63 Å². The highest BCUT2D eigenvalue weighted by Crippen LogP contribution is 2.27. The van der Waals surface area contributed by atoms with E-state index >= 15 is 0 Å². The molecule has 1 aromatic carbocycles. The standard InChI is InChI=1S/C14H15NO2/c16-14(10-11-4-2-1-3-5-11)15-12-6-8-13(17-15)9-7-12/h1-6,8,12-13H,7,9-10H2/t12-,13+/m1/s1. The van der Waals surface area contributed by atoms with Gasteiger partial charge in [0.1, 0.15) is 6.10 Å². The summed E-state index contributed by atoms with van der Waals surface area (Å²) in [6.07, 6.45) is 6.69. The van der Waals surface area contributed by atoms with Gasteiger partial charge in [0.25, 0.3) is 5.91 Å². The Morgan fingerprint density at radius 3 is 2.65 bits per heavy atom. The van der Waals surface area contributed by atoms with Crippen LogP contribution in [0.1, 0.15) is 18.4 Å². The van der Waals surface area contributed by atoms with Crippen molar-refractivity contribution in [2.24, 2.45) is 0 Å². The second kappa shape index (κ2) is 4.34. The molecule has 4 rings (SSSR count). The van der Waals surface area contributed by atoms with Crippen LogP contribution in [0, 0.1) is 0 Å². The van der Waals surface area contributed by atoms with Crippen molar-refractivity contribution in [2.75, 3.05) is 0 Å². The van der Waals surface area contributed by atoms with Crippen molar-refractivity contribution in [3.63, 3.8) is 0 Å². The normalized spacial score (nSPS) is 26.2. The summed E-state index contributed by atoms with van der Waals surface area (Å²) in [7, 11) is 0. The van der Waals surface area contributed by atoms with Crippen LogP contribution in [0.25, 0.3) is 0 Å². The van der Waals surface area contributed by atoms with Gasteiger partial charge in [-0.2, -0.15) is 0 Å². The summed E-state index contributed by atoms with van der Waals surface area (Å²) in [5.41, 5.74) is 1.03. The van der Waals surface area contributed by atoms with Crippen molar-refractivity contribution in [1.29, 1.82) is 0 Å². The molecule has 3 aliphatic rings. The van der Waals surface area contributed by atoms with Crippen LogP contribution in [0.15, 0.2) is 42.5 Å². The minimum absolute atomic E-state index is 0.0512. The molecule has 1 amide bonds. The average molecular weight is 229 g/mol. The van der Waals surface area contributed by atoms with Gasteiger partial charge in [-0.05, 0) is 18.4 Å². The Bertz CT molecular complexity index is 441. The van der Waals surface area contributed by atoms with E-state index < -0.39 is 0 Å². The molecule has 2 atom stereocenters. The molecule has 0 N–H and O–H groups in total. The molecule has 0 unspecified atom stereocenters. The zero-order valence-corrected chi connectivity index (χ0v) is 9.58. The largest absolute Gasteiger partial charge is 0.272 e. The third-order valence-electron chi connectivity index (χ3n) is 3.29. The van der Waals surface area contributed by atoms with Gasteiger partial charge < -0.3 is 0 Å². The van der Waals surface area contributed by atoms with Gasteiger partial charge in [0.05, 0.1) is 12.5 Å². The molecule has 3 nitrogen and oxygen atoms in total. The summed E-state index contributed by atoms with van der Waals surface area (Å²) >= 11 is 0. The summed E-state index contributed by atoms with van der Waals surface area (Å²) in [6.45, 7) is 0. The Hall–Kier alpha value is -1.61. The highest BCUT2D eigenvalue weighted by molar-refractivity contribution is 5.78. The zero-order chi connectivity index (χ0) is 11.7. The number of nitrogens with zero attached hydrogens (tertiary/aromatic N) is 1. The predicted octanol–water partition coefficient (Wildman–Crippen LogP) is 2.09. The fourth-order valence-electron chi connectivity index (χ4n) is 2.38. The Morgan fingerprint density at radius 1 is 1.24 bits per heavy atom. The number of benzene rings is 1. The van der Waals surface area contributed by atoms with Crippen LogP contribution >= 0.6 is 0 Å². The van der Waals surface area contributed by atoms with Crippen LogP contribution in [-0.4, -0.2) is 23.1 Å². The number of hydrogen-bond donors (Lipinski definition) is 0. The summed E-state index contributed by atoms with van der Waals surface area (Å²) in [4.78, 5) is 17.7. The number of amides is 1. The number of hydroxylamine groups is 2. The van der Waals surface area contributed by atoms with Crippen LogP contribution in [-0.2, 0) is 16.1 Å². The predicted molar refractivity (Wildman–Crippen MR) is 64.0 cm³/mol. The van der Waals surface area contributed by atoms with Crippen molar-refractivity contribution in [1.82, 2.24) is 5.06 Å². The first-order chi connectivity index (χ1) is 8.33. The molecule has 1 fully saturated rings. The van der Waals surface area contributed by atoms with E-state index in [4.69, 9.17) is 4.84 Å². The quantitative estimate of drug-likeness (QED) is 0.727. The SMILES string of the molecule is O=C(Cc1ccccc1)N1O[C@H]2C=C[C@@H]1CC2. The van der Waals surface area contributed by atoms with E-state index in [2.05, 4.69) is 12.2 Å². The molecule has 2 heterocycles. The van der Waals surface area contributed by atoms with Crippen molar-refractivity contribution in [3.8, 4) is 0 Å². The van der Waals surface area contributed by atoms with Crippen LogP contribution in [0.5, 0.6) is 0 Å². The molecule has 1 saturated heterocycles. The van der Waals surface area contributed by atoms with Gasteiger partial charge in [0, 0.05) is 0 Å². The molecule has 1 aliphatic carbocycles. The lowest BCUT2D eigenvalue weighted by Gasteiger charge is -2.40. The molecule has 3 heteroatoms. The van der Waals surface area contributed by atoms with Crippen molar-refractivity contribution >= 4 is 5.91 Å². The number of fused-ring (bicyclic) bond motifs is 2. The maximum absolute atomic E-state index is 12.1. The fourth-order valence-corrected chi connectivity index (χ4v) is 2.38. The highest BCUT2D eigenvalue weighted by atomic mass is 16.7. The molecule has 2 bridgehead atoms. The average Bonchev–Trinajstić information content (AvgIpc) is 2.41. The van der Waals surface area contributed by atoms with Crippen LogP contribution < -0.4 is 0 Å². The third kappa shape index (κ3) is 2.11. The summed E-state index contributed by atoms with van der Waals surface area (Å²) in [5.74, 6) is 0.0512. The molecular weight excluding hydrogens is 214 g/mol. The van der Waals surface area contributed by atoms with E-state index in [-0.39, 0.29) is 18.1 Å². The maximum atomic E-state index is 12.1. The first kappa shape index (κ1) is 10.5. The Kier molecular flexibility index (Phi) is 2.69. The molecule has 2 aliphatic heterocycles. The fraction of sp³-hybridized carbons (Fsp3) is 0.357. The van der Waals surface area contributed by atoms with E-state index in [0.717, 1.165) is 18.4 Å². The topological polar surface area (TPSA) is 29.5 Å². The number of carbonyl (C=O) groups is 1. The van der Waals surface area contributed by atoms with E-state index in [1.165, 1.54) is 0 Å². The van der Waals surface area contributed by atoms with Gasteiger partial charge in [-0.1, -0.05) is 42.5 Å². The Labute approximate surface area is 101 Å². The third-order valence-corrected chi connectivity index (χ3v) is 3.29. The van der Waals surface area contributed by atoms with Crippen LogP contribution in [0.2, 0.25) is 0 Å². The number of rotatable bonds is 2. The number of carbonyl (C=O) groups excluding carboxylic acids is 1. The first-order valence-corrected chi connectivity index (χ1v) is 6.04. The Morgan fingerprint density at radius 2 is 2.06 bits per heavy atom. The lowest BCUT2D eigenvalue weighted by atomic mass is 9.98. The molecule has 0 radical (unpaired) electrons. The molecule has 1 aromatic rings. The minimum Gasteiger partial charge on any atom is -0.272 e. The molecule has 0 aromatic heterocycles. The lowest BCUT2D eigenvalue weighted by molar-refractivity contribution is -0.229. The number of hydrogen-bond acceptors (Lipinski definition) is 2. The van der Waals surface area contributed by atoms with Crippen molar-refractivity contribution < 1.29 is 9.63 Å². The van der Waals surface area contributed by atoms with Crippen LogP contribution in [0.3, 0.4) is 0 Å². The maximum Gasteiger partial charge on any atom is 0.251 e. The lowest BCUT2D eigenvalue weighted by Crippen LogP contribution is -2.49. The molecule has 0 saturated carbocycles. The monoisotopic (exact) mass is 229 g/mol. The summed E-state index contributed by atoms with van der Waals surface area (Å²) in [5, 5.41) is 1.56. The minimum atomic E-state index is 0.0512. The van der Waals surface area contributed by atoms with Gasteiger partial charge in [0.15, 0.2) is 0 Å². The molecule has 17 heavy (non-hydrogen) atoms. The van der Waals surface area contributed by atoms with E-state index in [1.54, 1.807) is 5.06 Å². The second-order valence-electron chi connectivity index (χ2n) is 4.56.